The van der Waals surface area contributed by atoms with Crippen molar-refractivity contribution in [3.8, 4) is 0 Å². The molecule has 0 spiro atoms. The highest BCUT2D eigenvalue weighted by Gasteiger charge is 2.28. The fraction of sp³-hybridized carbons (Fsp3) is 0.167. The van der Waals surface area contributed by atoms with Gasteiger partial charge in [-0.15, -0.1) is 0 Å². The Morgan fingerprint density at radius 3 is 2.31 bits per heavy atom. The van der Waals surface area contributed by atoms with E-state index in [-0.39, 0.29) is 0 Å². The van der Waals surface area contributed by atoms with Gasteiger partial charge in [-0.2, -0.15) is 0 Å². The maximum absolute atomic E-state index is 10.5. The lowest BCUT2D eigenvalue weighted by atomic mass is 9.81. The van der Waals surface area contributed by atoms with E-state index < -0.39 is 12.2 Å². The summed E-state index contributed by atoms with van der Waals surface area (Å²) in [5, 5.41) is 30.6. The molecule has 2 nitrogen and oxygen atoms in total. The van der Waals surface area contributed by atoms with Crippen LogP contribution < -0.4 is 0 Å². The van der Waals surface area contributed by atoms with Crippen molar-refractivity contribution in [2.45, 2.75) is 25.0 Å². The maximum Gasteiger partial charge on any atom is 0.105 e. The van der Waals surface area contributed by atoms with E-state index in [1.807, 2.05) is 0 Å². The number of fused-ring (bicyclic) bond motifs is 4. The first-order valence-corrected chi connectivity index (χ1v) is 9.20. The maximum atomic E-state index is 10.5. The Morgan fingerprint density at radius 1 is 0.692 bits per heavy atom. The van der Waals surface area contributed by atoms with Gasteiger partial charge in [-0.05, 0) is 79.2 Å². The molecular formula is C24H18O2. The smallest absolute Gasteiger partial charge is 0.105 e. The van der Waals surface area contributed by atoms with Crippen LogP contribution in [-0.2, 0) is 6.42 Å². The number of aryl methyl sites for hydroxylation is 1. The summed E-state index contributed by atoms with van der Waals surface area (Å²) in [5.74, 6) is 0. The molecule has 1 aliphatic rings. The van der Waals surface area contributed by atoms with Crippen molar-refractivity contribution in [3.05, 3.63) is 71.8 Å². The summed E-state index contributed by atoms with van der Waals surface area (Å²) in [6.45, 7) is 0. The average Bonchev–Trinajstić information content (AvgIpc) is 2.68. The Bertz CT molecular complexity index is 1320. The van der Waals surface area contributed by atoms with Gasteiger partial charge in [0.05, 0.1) is 6.10 Å². The third-order valence-electron chi connectivity index (χ3n) is 6.14. The molecule has 0 fully saturated rings. The Kier molecular flexibility index (Phi) is 2.75. The molecule has 0 amide bonds. The van der Waals surface area contributed by atoms with E-state index in [0.29, 0.717) is 6.42 Å². The highest BCUT2D eigenvalue weighted by molar-refractivity contribution is 6.29. The van der Waals surface area contributed by atoms with Crippen LogP contribution in [0.25, 0.3) is 43.1 Å². The number of hydrogen-bond donors (Lipinski definition) is 2. The molecule has 0 saturated heterocycles. The molecule has 5 aromatic rings. The van der Waals surface area contributed by atoms with Crippen LogP contribution in [0.5, 0.6) is 0 Å². The van der Waals surface area contributed by atoms with Crippen LogP contribution in [0.15, 0.2) is 60.7 Å². The van der Waals surface area contributed by atoms with E-state index in [1.165, 1.54) is 43.3 Å². The normalized spacial score (nSPS) is 20.4. The standard InChI is InChI=1S/C24H18O2/c25-21-10-9-17-19-8-5-14-11-13-3-1-2-4-16(13)18-7-6-15(23(19)22(14)18)12-20(17)24(21)26/h1-8,11-12,21,24-26H,9-10H2. The summed E-state index contributed by atoms with van der Waals surface area (Å²) in [4.78, 5) is 0. The molecule has 0 aromatic heterocycles. The minimum absolute atomic E-state index is 0.612. The lowest BCUT2D eigenvalue weighted by molar-refractivity contribution is 0.00683. The van der Waals surface area contributed by atoms with Crippen LogP contribution in [0.3, 0.4) is 0 Å². The SMILES string of the molecule is OC1CCc2c(cc3ccc4c5ccccc5cc5ccc2c3c54)C1O. The zero-order valence-electron chi connectivity index (χ0n) is 14.2. The number of hydrogen-bond acceptors (Lipinski definition) is 2. The summed E-state index contributed by atoms with van der Waals surface area (Å²) >= 11 is 0. The number of rotatable bonds is 0. The molecule has 2 unspecified atom stereocenters. The van der Waals surface area contributed by atoms with E-state index in [4.69, 9.17) is 0 Å². The predicted molar refractivity (Wildman–Crippen MR) is 107 cm³/mol. The topological polar surface area (TPSA) is 40.5 Å². The largest absolute Gasteiger partial charge is 0.390 e. The predicted octanol–water partition coefficient (Wildman–Crippen LogP) is 5.08. The zero-order valence-corrected chi connectivity index (χ0v) is 14.2. The number of aliphatic hydroxyl groups is 2. The highest BCUT2D eigenvalue weighted by Crippen LogP contribution is 2.43. The molecule has 26 heavy (non-hydrogen) atoms. The summed E-state index contributed by atoms with van der Waals surface area (Å²) in [7, 11) is 0. The van der Waals surface area contributed by atoms with Gasteiger partial charge < -0.3 is 10.2 Å². The van der Waals surface area contributed by atoms with Crippen LogP contribution in [0.1, 0.15) is 23.7 Å². The molecule has 2 atom stereocenters. The van der Waals surface area contributed by atoms with Crippen molar-refractivity contribution in [1.29, 1.82) is 0 Å². The molecule has 126 valence electrons. The second-order valence-electron chi connectivity index (χ2n) is 7.52. The van der Waals surface area contributed by atoms with Crippen LogP contribution in [0.2, 0.25) is 0 Å². The molecule has 5 aromatic carbocycles. The molecule has 2 heteroatoms. The van der Waals surface area contributed by atoms with E-state index in [1.54, 1.807) is 0 Å². The quantitative estimate of drug-likeness (QED) is 0.305. The molecule has 0 heterocycles. The van der Waals surface area contributed by atoms with Gasteiger partial charge in [0, 0.05) is 0 Å². The fourth-order valence-electron chi connectivity index (χ4n) is 4.91. The van der Waals surface area contributed by atoms with Crippen LogP contribution >= 0.6 is 0 Å². The second-order valence-corrected chi connectivity index (χ2v) is 7.52. The first kappa shape index (κ1) is 14.5. The van der Waals surface area contributed by atoms with Gasteiger partial charge in [-0.25, -0.2) is 0 Å². The highest BCUT2D eigenvalue weighted by atomic mass is 16.3. The third kappa shape index (κ3) is 1.73. The Labute approximate surface area is 150 Å². The third-order valence-corrected chi connectivity index (χ3v) is 6.14. The van der Waals surface area contributed by atoms with Gasteiger partial charge in [0.2, 0.25) is 0 Å². The zero-order chi connectivity index (χ0) is 17.4. The number of aliphatic hydroxyl groups excluding tert-OH is 2. The molecule has 1 aliphatic carbocycles. The van der Waals surface area contributed by atoms with Crippen molar-refractivity contribution in [1.82, 2.24) is 0 Å². The Balaban J connectivity index is 1.85. The lowest BCUT2D eigenvalue weighted by Crippen LogP contribution is -2.25. The minimum atomic E-state index is -0.790. The van der Waals surface area contributed by atoms with Gasteiger partial charge in [0.15, 0.2) is 0 Å². The molecule has 0 aliphatic heterocycles. The molecule has 0 radical (unpaired) electrons. The minimum Gasteiger partial charge on any atom is -0.390 e. The average molecular weight is 338 g/mol. The van der Waals surface area contributed by atoms with E-state index in [9.17, 15) is 10.2 Å². The summed E-state index contributed by atoms with van der Waals surface area (Å²) < 4.78 is 0. The number of benzene rings is 5. The van der Waals surface area contributed by atoms with E-state index in [2.05, 4.69) is 60.7 Å². The monoisotopic (exact) mass is 338 g/mol. The first-order chi connectivity index (χ1) is 12.7. The Hall–Kier alpha value is -2.68. The molecule has 2 N–H and O–H groups in total. The summed E-state index contributed by atoms with van der Waals surface area (Å²) in [6.07, 6.45) is -0.0371. The van der Waals surface area contributed by atoms with Crippen LogP contribution in [0.4, 0.5) is 0 Å². The Morgan fingerprint density at radius 2 is 1.42 bits per heavy atom. The lowest BCUT2D eigenvalue weighted by Gasteiger charge is -2.28. The van der Waals surface area contributed by atoms with Crippen molar-refractivity contribution in [2.24, 2.45) is 0 Å². The van der Waals surface area contributed by atoms with Gasteiger partial charge in [-0.3, -0.25) is 0 Å². The molecular weight excluding hydrogens is 320 g/mol. The van der Waals surface area contributed by atoms with Crippen molar-refractivity contribution >= 4 is 43.1 Å². The second kappa shape index (κ2) is 4.94. The van der Waals surface area contributed by atoms with Gasteiger partial charge in [0.1, 0.15) is 6.10 Å². The van der Waals surface area contributed by atoms with Crippen LogP contribution in [-0.4, -0.2) is 16.3 Å². The van der Waals surface area contributed by atoms with Crippen molar-refractivity contribution < 1.29 is 10.2 Å². The summed E-state index contributed by atoms with van der Waals surface area (Å²) in [5.41, 5.74) is 2.08. The van der Waals surface area contributed by atoms with Crippen LogP contribution in [0, 0.1) is 0 Å². The van der Waals surface area contributed by atoms with Gasteiger partial charge in [-0.1, -0.05) is 48.5 Å². The van der Waals surface area contributed by atoms with Crippen molar-refractivity contribution in [3.63, 3.8) is 0 Å². The molecule has 0 bridgehead atoms. The van der Waals surface area contributed by atoms with E-state index >= 15 is 0 Å². The fourth-order valence-corrected chi connectivity index (χ4v) is 4.91. The van der Waals surface area contributed by atoms with Gasteiger partial charge >= 0.3 is 0 Å². The van der Waals surface area contributed by atoms with E-state index in [0.717, 1.165) is 17.4 Å². The van der Waals surface area contributed by atoms with Gasteiger partial charge in [0.25, 0.3) is 0 Å². The van der Waals surface area contributed by atoms with Crippen molar-refractivity contribution in [2.75, 3.05) is 0 Å². The summed E-state index contributed by atoms with van der Waals surface area (Å²) in [6, 6.07) is 21.7. The first-order valence-electron chi connectivity index (χ1n) is 9.20. The molecule has 6 rings (SSSR count). The molecule has 0 saturated carbocycles.